The van der Waals surface area contributed by atoms with Gasteiger partial charge in [-0.25, -0.2) is 0 Å². The van der Waals surface area contributed by atoms with Crippen LogP contribution in [0.1, 0.15) is 41.5 Å². The number of aromatic nitrogens is 2. The van der Waals surface area contributed by atoms with Crippen molar-refractivity contribution in [3.8, 4) is 17.1 Å². The number of piperidine rings is 1. The fourth-order valence-corrected chi connectivity index (χ4v) is 4.46. The molecule has 2 N–H and O–H groups in total. The van der Waals surface area contributed by atoms with E-state index in [4.69, 9.17) is 4.74 Å². The van der Waals surface area contributed by atoms with Crippen LogP contribution in [-0.4, -0.2) is 29.3 Å². The molecule has 2 aromatic carbocycles. The molecule has 0 saturated carbocycles. The topological polar surface area (TPSA) is 72.2 Å². The molecule has 6 nitrogen and oxygen atoms in total. The number of hydrogen-bond acceptors (Lipinski definition) is 6. The zero-order valence-electron chi connectivity index (χ0n) is 17.7. The molecule has 0 aliphatic carbocycles. The zero-order valence-corrected chi connectivity index (χ0v) is 18.5. The third-order valence-electron chi connectivity index (χ3n) is 5.96. The monoisotopic (exact) mass is 480 g/mol. The molecule has 0 bridgehead atoms. The van der Waals surface area contributed by atoms with Crippen molar-refractivity contribution >= 4 is 12.4 Å². The van der Waals surface area contributed by atoms with Crippen molar-refractivity contribution in [1.82, 2.24) is 20.8 Å². The predicted molar refractivity (Wildman–Crippen MR) is 118 cm³/mol. The first-order chi connectivity index (χ1) is 15.5. The Morgan fingerprint density at radius 3 is 2.73 bits per heavy atom. The van der Waals surface area contributed by atoms with E-state index in [1.807, 2.05) is 18.2 Å². The maximum atomic E-state index is 12.9. The van der Waals surface area contributed by atoms with Gasteiger partial charge in [0.05, 0.1) is 6.61 Å². The summed E-state index contributed by atoms with van der Waals surface area (Å²) in [4.78, 5) is 3.55. The lowest BCUT2D eigenvalue weighted by molar-refractivity contribution is -0.159. The number of nitrogens with one attached hydrogen (secondary N) is 2. The van der Waals surface area contributed by atoms with Crippen molar-refractivity contribution in [2.45, 2.75) is 44.1 Å². The molecule has 5 rings (SSSR count). The summed E-state index contributed by atoms with van der Waals surface area (Å²) in [6, 6.07) is 14.3. The quantitative estimate of drug-likeness (QED) is 0.552. The summed E-state index contributed by atoms with van der Waals surface area (Å²) in [5.41, 5.74) is 3.54. The maximum absolute atomic E-state index is 12.9. The second kappa shape index (κ2) is 9.70. The SMILES string of the molecule is Cl.FC(F)(F)c1nc(-c2cc3c(c(CN[C@H]4CCCN[C@H]4c4ccccc4)c2)OCC3)no1. The van der Waals surface area contributed by atoms with Crippen LogP contribution in [0.15, 0.2) is 47.0 Å². The molecule has 3 heterocycles. The van der Waals surface area contributed by atoms with Gasteiger partial charge in [-0.15, -0.1) is 12.4 Å². The van der Waals surface area contributed by atoms with E-state index < -0.39 is 12.1 Å². The Labute approximate surface area is 195 Å². The molecule has 1 fully saturated rings. The van der Waals surface area contributed by atoms with Gasteiger partial charge in [0.1, 0.15) is 5.75 Å². The largest absolute Gasteiger partial charge is 0.493 e. The molecule has 0 amide bonds. The van der Waals surface area contributed by atoms with Crippen LogP contribution in [0, 0.1) is 0 Å². The first-order valence-corrected chi connectivity index (χ1v) is 10.7. The number of halogens is 4. The molecular weight excluding hydrogens is 457 g/mol. The van der Waals surface area contributed by atoms with Crippen LogP contribution in [0.2, 0.25) is 0 Å². The van der Waals surface area contributed by atoms with Gasteiger partial charge in [-0.2, -0.15) is 18.2 Å². The molecule has 2 aliphatic rings. The van der Waals surface area contributed by atoms with Crippen LogP contribution in [-0.2, 0) is 19.1 Å². The Bertz CT molecular complexity index is 1090. The fraction of sp³-hybridized carbons (Fsp3) is 0.391. The van der Waals surface area contributed by atoms with Gasteiger partial charge in [0.25, 0.3) is 0 Å². The maximum Gasteiger partial charge on any atom is 0.471 e. The molecule has 0 spiro atoms. The van der Waals surface area contributed by atoms with Crippen molar-refractivity contribution in [2.75, 3.05) is 13.2 Å². The lowest BCUT2D eigenvalue weighted by Gasteiger charge is -2.34. The van der Waals surface area contributed by atoms with Gasteiger partial charge < -0.3 is 19.9 Å². The van der Waals surface area contributed by atoms with E-state index >= 15 is 0 Å². The van der Waals surface area contributed by atoms with Crippen molar-refractivity contribution in [3.05, 3.63) is 65.0 Å². The van der Waals surface area contributed by atoms with E-state index in [1.54, 1.807) is 12.1 Å². The van der Waals surface area contributed by atoms with E-state index in [1.165, 1.54) is 5.56 Å². The Hall–Kier alpha value is -2.62. The van der Waals surface area contributed by atoms with E-state index in [2.05, 4.69) is 37.4 Å². The highest BCUT2D eigenvalue weighted by Crippen LogP contribution is 2.36. The Morgan fingerprint density at radius 2 is 1.97 bits per heavy atom. The van der Waals surface area contributed by atoms with Crippen molar-refractivity contribution < 1.29 is 22.4 Å². The van der Waals surface area contributed by atoms with Crippen LogP contribution < -0.4 is 15.4 Å². The molecule has 10 heteroatoms. The summed E-state index contributed by atoms with van der Waals surface area (Å²) >= 11 is 0. The molecule has 0 radical (unpaired) electrons. The molecule has 176 valence electrons. The number of ether oxygens (including phenoxy) is 1. The first-order valence-electron chi connectivity index (χ1n) is 10.7. The number of fused-ring (bicyclic) bond motifs is 1. The standard InChI is InChI=1S/C23H23F3N4O2.ClH/c24-23(25,26)22-29-21(30-32-22)16-11-15-8-10-31-20(15)17(12-16)13-28-18-7-4-9-27-19(18)14-5-2-1-3-6-14;/h1-3,5-6,11-12,18-19,27-28H,4,7-10,13H2;1H/t18-,19-;/m0./s1. The van der Waals surface area contributed by atoms with E-state index in [0.717, 1.165) is 36.3 Å². The number of nitrogens with zero attached hydrogens (tertiary/aromatic N) is 2. The van der Waals surface area contributed by atoms with Crippen LogP contribution in [0.4, 0.5) is 13.2 Å². The Kier molecular flexibility index (Phi) is 6.92. The first kappa shape index (κ1) is 23.5. The molecule has 33 heavy (non-hydrogen) atoms. The van der Waals surface area contributed by atoms with Gasteiger partial charge in [0, 0.05) is 36.2 Å². The third kappa shape index (κ3) is 5.00. The van der Waals surface area contributed by atoms with Gasteiger partial charge in [-0.3, -0.25) is 0 Å². The smallest absolute Gasteiger partial charge is 0.471 e. The fourth-order valence-electron chi connectivity index (χ4n) is 4.46. The molecule has 0 unspecified atom stereocenters. The van der Waals surface area contributed by atoms with Crippen LogP contribution in [0.3, 0.4) is 0 Å². The van der Waals surface area contributed by atoms with Gasteiger partial charge in [-0.1, -0.05) is 35.5 Å². The highest BCUT2D eigenvalue weighted by atomic mass is 35.5. The second-order valence-electron chi connectivity index (χ2n) is 8.12. The van der Waals surface area contributed by atoms with E-state index in [-0.39, 0.29) is 30.3 Å². The third-order valence-corrected chi connectivity index (χ3v) is 5.96. The van der Waals surface area contributed by atoms with Crippen LogP contribution in [0.5, 0.6) is 5.75 Å². The van der Waals surface area contributed by atoms with Gasteiger partial charge in [0.15, 0.2) is 0 Å². The molecule has 2 aliphatic heterocycles. The minimum Gasteiger partial charge on any atom is -0.493 e. The lowest BCUT2D eigenvalue weighted by Crippen LogP contribution is -2.45. The highest BCUT2D eigenvalue weighted by molar-refractivity contribution is 5.85. The summed E-state index contributed by atoms with van der Waals surface area (Å²) in [5.74, 6) is -0.626. The number of benzene rings is 2. The summed E-state index contributed by atoms with van der Waals surface area (Å²) in [5, 5.41) is 10.8. The minimum atomic E-state index is -4.67. The van der Waals surface area contributed by atoms with Crippen molar-refractivity contribution in [3.63, 3.8) is 0 Å². The predicted octanol–water partition coefficient (Wildman–Crippen LogP) is 4.70. The summed E-state index contributed by atoms with van der Waals surface area (Å²) in [6.45, 7) is 2.03. The molecule has 1 aromatic heterocycles. The van der Waals surface area contributed by atoms with Crippen LogP contribution >= 0.6 is 12.4 Å². The lowest BCUT2D eigenvalue weighted by atomic mass is 9.92. The van der Waals surface area contributed by atoms with Crippen molar-refractivity contribution in [2.24, 2.45) is 0 Å². The summed E-state index contributed by atoms with van der Waals surface area (Å²) in [6.07, 6.45) is -1.89. The average Bonchev–Trinajstić information content (AvgIpc) is 3.48. The number of rotatable bonds is 5. The Morgan fingerprint density at radius 1 is 1.15 bits per heavy atom. The highest BCUT2D eigenvalue weighted by Gasteiger charge is 2.38. The summed E-state index contributed by atoms with van der Waals surface area (Å²) < 4.78 is 48.9. The molecule has 3 aromatic rings. The molecule has 2 atom stereocenters. The number of hydrogen-bond donors (Lipinski definition) is 2. The van der Waals surface area contributed by atoms with Crippen molar-refractivity contribution in [1.29, 1.82) is 0 Å². The van der Waals surface area contributed by atoms with E-state index in [0.29, 0.717) is 25.1 Å². The number of alkyl halides is 3. The van der Waals surface area contributed by atoms with Gasteiger partial charge in [0.2, 0.25) is 5.82 Å². The average molecular weight is 481 g/mol. The van der Waals surface area contributed by atoms with E-state index in [9.17, 15) is 13.2 Å². The van der Waals surface area contributed by atoms with Crippen LogP contribution in [0.25, 0.3) is 11.4 Å². The van der Waals surface area contributed by atoms with Gasteiger partial charge in [-0.05, 0) is 42.6 Å². The Balaban J connectivity index is 0.00000259. The minimum absolute atomic E-state index is 0. The summed E-state index contributed by atoms with van der Waals surface area (Å²) in [7, 11) is 0. The normalized spacial score (nSPS) is 20.1. The zero-order chi connectivity index (χ0) is 22.1. The molecule has 1 saturated heterocycles. The van der Waals surface area contributed by atoms with Gasteiger partial charge >= 0.3 is 12.1 Å². The molecular formula is C23H24ClF3N4O2. The second-order valence-corrected chi connectivity index (χ2v) is 8.12.